The van der Waals surface area contributed by atoms with Crippen LogP contribution < -0.4 is 0 Å². The first kappa shape index (κ1) is 19.2. The minimum Gasteiger partial charge on any atom is -0.375 e. The summed E-state index contributed by atoms with van der Waals surface area (Å²) < 4.78 is 6.04. The molecule has 0 bridgehead atoms. The average Bonchev–Trinajstić information content (AvgIpc) is 2.88. The second-order valence-corrected chi connectivity index (χ2v) is 9.10. The molecule has 1 unspecified atom stereocenters. The number of hydrogen-bond acceptors (Lipinski definition) is 3. The van der Waals surface area contributed by atoms with Crippen molar-refractivity contribution < 1.29 is 9.53 Å². The SMILES string of the molecule is CN1CCC[C@H]1C1=CN(C(=O)C(C)(C)C)C=CC1COC(C)(C)C. The fourth-order valence-electron chi connectivity index (χ4n) is 3.28. The van der Waals surface area contributed by atoms with Crippen molar-refractivity contribution >= 4 is 5.91 Å². The molecule has 0 spiro atoms. The quantitative estimate of drug-likeness (QED) is 0.787. The second kappa shape index (κ2) is 7.01. The van der Waals surface area contributed by atoms with Crippen molar-refractivity contribution in [2.75, 3.05) is 20.2 Å². The molecule has 2 aliphatic rings. The van der Waals surface area contributed by atoms with E-state index in [1.165, 1.54) is 12.0 Å². The number of carbonyl (C=O) groups excluding carboxylic acids is 1. The molecule has 0 aromatic carbocycles. The summed E-state index contributed by atoms with van der Waals surface area (Å²) in [4.78, 5) is 16.8. The van der Waals surface area contributed by atoms with Crippen LogP contribution in [0.3, 0.4) is 0 Å². The highest BCUT2D eigenvalue weighted by Crippen LogP contribution is 2.33. The fourth-order valence-corrected chi connectivity index (χ4v) is 3.28. The van der Waals surface area contributed by atoms with Crippen LogP contribution in [0.4, 0.5) is 0 Å². The molecule has 2 rings (SSSR count). The van der Waals surface area contributed by atoms with Crippen molar-refractivity contribution in [3.63, 3.8) is 0 Å². The molecule has 2 atom stereocenters. The summed E-state index contributed by atoms with van der Waals surface area (Å²) in [5, 5.41) is 0. The summed E-state index contributed by atoms with van der Waals surface area (Å²) >= 11 is 0. The highest BCUT2D eigenvalue weighted by molar-refractivity contribution is 5.83. The van der Waals surface area contributed by atoms with Gasteiger partial charge in [-0.15, -0.1) is 0 Å². The Hall–Kier alpha value is -1.13. The van der Waals surface area contributed by atoms with Gasteiger partial charge < -0.3 is 4.74 Å². The molecule has 2 aliphatic heterocycles. The number of likely N-dealkylation sites (N-methyl/N-ethyl adjacent to an activating group) is 1. The average molecular weight is 335 g/mol. The largest absolute Gasteiger partial charge is 0.375 e. The second-order valence-electron chi connectivity index (χ2n) is 9.10. The first-order valence-corrected chi connectivity index (χ1v) is 9.06. The van der Waals surface area contributed by atoms with Crippen LogP contribution in [0, 0.1) is 11.3 Å². The fraction of sp³-hybridized carbons (Fsp3) is 0.750. The number of nitrogens with zero attached hydrogens (tertiary/aromatic N) is 2. The zero-order valence-electron chi connectivity index (χ0n) is 16.4. The number of carbonyl (C=O) groups is 1. The van der Waals surface area contributed by atoms with Crippen molar-refractivity contribution in [2.45, 2.75) is 66.0 Å². The summed E-state index contributed by atoms with van der Waals surface area (Å²) in [6, 6.07) is 0.402. The summed E-state index contributed by atoms with van der Waals surface area (Å²) in [5.41, 5.74) is 0.764. The molecule has 1 fully saturated rings. The van der Waals surface area contributed by atoms with Crippen LogP contribution >= 0.6 is 0 Å². The lowest BCUT2D eigenvalue weighted by atomic mass is 9.89. The lowest BCUT2D eigenvalue weighted by Gasteiger charge is -2.35. The van der Waals surface area contributed by atoms with Gasteiger partial charge in [-0.3, -0.25) is 14.6 Å². The zero-order valence-corrected chi connectivity index (χ0v) is 16.4. The highest BCUT2D eigenvalue weighted by atomic mass is 16.5. The standard InChI is InChI=1S/C20H34N2O2/c1-19(2,3)18(23)22-12-10-15(14-24-20(4,5)6)16(13-22)17-9-8-11-21(17)7/h10,12-13,15,17H,8-9,11,14H2,1-7H3/t15?,17-/m0/s1. The van der Waals surface area contributed by atoms with E-state index in [0.29, 0.717) is 12.6 Å². The van der Waals surface area contributed by atoms with E-state index in [0.717, 1.165) is 13.0 Å². The van der Waals surface area contributed by atoms with E-state index in [1.54, 1.807) is 4.90 Å². The van der Waals surface area contributed by atoms with Gasteiger partial charge in [0.2, 0.25) is 5.91 Å². The number of likely N-dealkylation sites (tertiary alicyclic amines) is 1. The maximum absolute atomic E-state index is 12.7. The van der Waals surface area contributed by atoms with Gasteiger partial charge in [-0.05, 0) is 52.8 Å². The van der Waals surface area contributed by atoms with Gasteiger partial charge in [0.05, 0.1) is 12.2 Å². The van der Waals surface area contributed by atoms with E-state index in [4.69, 9.17) is 4.74 Å². The molecule has 2 heterocycles. The van der Waals surface area contributed by atoms with E-state index < -0.39 is 0 Å². The minimum absolute atomic E-state index is 0.132. The van der Waals surface area contributed by atoms with Crippen molar-refractivity contribution in [3.05, 3.63) is 24.0 Å². The summed E-state index contributed by atoms with van der Waals surface area (Å²) in [6.45, 7) is 13.9. The van der Waals surface area contributed by atoms with Crippen molar-refractivity contribution in [2.24, 2.45) is 11.3 Å². The predicted octanol–water partition coefficient (Wildman–Crippen LogP) is 3.80. The Balaban J connectivity index is 2.23. The van der Waals surface area contributed by atoms with Crippen LogP contribution in [-0.4, -0.2) is 47.5 Å². The molecule has 0 radical (unpaired) electrons. The van der Waals surface area contributed by atoms with Crippen LogP contribution in [0.5, 0.6) is 0 Å². The first-order chi connectivity index (χ1) is 11.0. The Morgan fingerprint density at radius 2 is 1.92 bits per heavy atom. The third-order valence-corrected chi connectivity index (χ3v) is 4.67. The van der Waals surface area contributed by atoms with Gasteiger partial charge in [-0.25, -0.2) is 0 Å². The lowest BCUT2D eigenvalue weighted by Crippen LogP contribution is -2.39. The van der Waals surface area contributed by atoms with Gasteiger partial charge in [0.1, 0.15) is 0 Å². The third kappa shape index (κ3) is 4.70. The smallest absolute Gasteiger partial charge is 0.235 e. The summed E-state index contributed by atoms with van der Waals surface area (Å²) in [5.74, 6) is 0.367. The van der Waals surface area contributed by atoms with E-state index in [9.17, 15) is 4.79 Å². The molecular weight excluding hydrogens is 300 g/mol. The Bertz CT molecular complexity index is 523. The molecular formula is C20H34N2O2. The maximum atomic E-state index is 12.7. The van der Waals surface area contributed by atoms with Gasteiger partial charge in [0, 0.05) is 29.8 Å². The Kier molecular flexibility index (Phi) is 5.61. The van der Waals surface area contributed by atoms with E-state index in [1.807, 2.05) is 27.0 Å². The lowest BCUT2D eigenvalue weighted by molar-refractivity contribution is -0.134. The number of ether oxygens (including phenoxy) is 1. The van der Waals surface area contributed by atoms with Crippen molar-refractivity contribution in [3.8, 4) is 0 Å². The van der Waals surface area contributed by atoms with Crippen LogP contribution in [0.2, 0.25) is 0 Å². The number of amides is 1. The molecule has 0 aliphatic carbocycles. The van der Waals surface area contributed by atoms with Crippen LogP contribution in [0.25, 0.3) is 0 Å². The first-order valence-electron chi connectivity index (χ1n) is 9.06. The minimum atomic E-state index is -0.387. The maximum Gasteiger partial charge on any atom is 0.235 e. The van der Waals surface area contributed by atoms with Gasteiger partial charge in [0.15, 0.2) is 0 Å². The molecule has 0 saturated carbocycles. The van der Waals surface area contributed by atoms with Gasteiger partial charge >= 0.3 is 0 Å². The molecule has 24 heavy (non-hydrogen) atoms. The van der Waals surface area contributed by atoms with Crippen LogP contribution in [-0.2, 0) is 9.53 Å². The highest BCUT2D eigenvalue weighted by Gasteiger charge is 2.34. The Morgan fingerprint density at radius 1 is 1.25 bits per heavy atom. The van der Waals surface area contributed by atoms with Gasteiger partial charge in [-0.2, -0.15) is 0 Å². The zero-order chi connectivity index (χ0) is 18.1. The predicted molar refractivity (Wildman–Crippen MR) is 98.4 cm³/mol. The molecule has 1 saturated heterocycles. The van der Waals surface area contributed by atoms with Crippen molar-refractivity contribution in [1.82, 2.24) is 9.80 Å². The molecule has 0 N–H and O–H groups in total. The molecule has 4 heteroatoms. The molecule has 0 aromatic heterocycles. The molecule has 0 aromatic rings. The van der Waals surface area contributed by atoms with E-state index >= 15 is 0 Å². The number of rotatable bonds is 3. The normalized spacial score (nSPS) is 26.0. The van der Waals surface area contributed by atoms with Gasteiger partial charge in [0.25, 0.3) is 0 Å². The Morgan fingerprint density at radius 3 is 2.42 bits per heavy atom. The molecule has 136 valence electrons. The van der Waals surface area contributed by atoms with E-state index in [2.05, 4.69) is 45.0 Å². The Labute approximate surface area is 147 Å². The molecule has 4 nitrogen and oxygen atoms in total. The monoisotopic (exact) mass is 334 g/mol. The third-order valence-electron chi connectivity index (χ3n) is 4.67. The summed E-state index contributed by atoms with van der Waals surface area (Å²) in [6.07, 6.45) is 8.48. The summed E-state index contributed by atoms with van der Waals surface area (Å²) in [7, 11) is 2.18. The van der Waals surface area contributed by atoms with Crippen molar-refractivity contribution in [1.29, 1.82) is 0 Å². The van der Waals surface area contributed by atoms with Crippen LogP contribution in [0.15, 0.2) is 24.0 Å². The molecule has 1 amide bonds. The van der Waals surface area contributed by atoms with Crippen LogP contribution in [0.1, 0.15) is 54.4 Å². The van der Waals surface area contributed by atoms with E-state index in [-0.39, 0.29) is 22.8 Å². The number of hydrogen-bond donors (Lipinski definition) is 0. The topological polar surface area (TPSA) is 32.8 Å². The van der Waals surface area contributed by atoms with Gasteiger partial charge in [-0.1, -0.05) is 26.8 Å².